The predicted molar refractivity (Wildman–Crippen MR) is 84.8 cm³/mol. The van der Waals surface area contributed by atoms with Gasteiger partial charge in [0.1, 0.15) is 11.5 Å². The van der Waals surface area contributed by atoms with Crippen LogP contribution in [0.3, 0.4) is 0 Å². The molecule has 2 aromatic carbocycles. The summed E-state index contributed by atoms with van der Waals surface area (Å²) in [5.74, 6) is -0.411. The maximum absolute atomic E-state index is 13.6. The molecule has 0 atom stereocenters. The van der Waals surface area contributed by atoms with Crippen LogP contribution in [0.5, 0.6) is 0 Å². The molecule has 5 heteroatoms. The average molecular weight is 310 g/mol. The van der Waals surface area contributed by atoms with Gasteiger partial charge in [-0.3, -0.25) is 4.79 Å². The molecule has 1 amide bonds. The van der Waals surface area contributed by atoms with E-state index in [0.717, 1.165) is 23.8 Å². The van der Waals surface area contributed by atoms with Crippen LogP contribution in [0.4, 0.5) is 10.1 Å². The molecule has 0 aliphatic carbocycles. The fourth-order valence-corrected chi connectivity index (χ4v) is 3.11. The maximum Gasteiger partial charge on any atom is 0.233 e. The topological polar surface area (TPSA) is 46.3 Å². The number of para-hydroxylation sites is 1. The maximum atomic E-state index is 13.6. The second kappa shape index (κ2) is 5.50. The van der Waals surface area contributed by atoms with Gasteiger partial charge >= 0.3 is 0 Å². The first kappa shape index (κ1) is 13.9. The third-order valence-electron chi connectivity index (χ3n) is 4.24. The highest BCUT2D eigenvalue weighted by Gasteiger charge is 2.24. The van der Waals surface area contributed by atoms with Crippen LogP contribution >= 0.6 is 0 Å². The molecule has 116 valence electrons. The Morgan fingerprint density at radius 2 is 2.13 bits per heavy atom. The SMILES string of the molecule is O=C(Cc1noc2ccccc12)N1CCCc2ccc(F)cc21. The minimum atomic E-state index is -0.324. The van der Waals surface area contributed by atoms with E-state index in [1.54, 1.807) is 11.0 Å². The fraction of sp³-hybridized carbons (Fsp3) is 0.222. The summed E-state index contributed by atoms with van der Waals surface area (Å²) in [7, 11) is 0. The Kier molecular flexibility index (Phi) is 3.33. The number of hydrogen-bond donors (Lipinski definition) is 0. The smallest absolute Gasteiger partial charge is 0.233 e. The van der Waals surface area contributed by atoms with Gasteiger partial charge in [-0.05, 0) is 42.7 Å². The summed E-state index contributed by atoms with van der Waals surface area (Å²) in [6.45, 7) is 0.602. The van der Waals surface area contributed by atoms with Gasteiger partial charge in [0, 0.05) is 17.6 Å². The predicted octanol–water partition coefficient (Wildman–Crippen LogP) is 3.49. The first-order valence-electron chi connectivity index (χ1n) is 7.64. The molecular formula is C18H15FN2O2. The molecule has 1 aliphatic heterocycles. The molecular weight excluding hydrogens is 295 g/mol. The molecule has 0 saturated heterocycles. The van der Waals surface area contributed by atoms with Gasteiger partial charge in [-0.1, -0.05) is 23.4 Å². The molecule has 0 bridgehead atoms. The lowest BCUT2D eigenvalue weighted by Gasteiger charge is -2.29. The first-order valence-corrected chi connectivity index (χ1v) is 7.64. The molecule has 0 fully saturated rings. The number of benzene rings is 2. The van der Waals surface area contributed by atoms with Gasteiger partial charge in [-0.15, -0.1) is 0 Å². The zero-order valence-corrected chi connectivity index (χ0v) is 12.5. The molecule has 0 unspecified atom stereocenters. The van der Waals surface area contributed by atoms with E-state index in [9.17, 15) is 9.18 Å². The summed E-state index contributed by atoms with van der Waals surface area (Å²) in [5.41, 5.74) is 2.97. The van der Waals surface area contributed by atoms with Crippen molar-refractivity contribution in [2.75, 3.05) is 11.4 Å². The van der Waals surface area contributed by atoms with E-state index in [1.165, 1.54) is 12.1 Å². The number of nitrogens with zero attached hydrogens (tertiary/aromatic N) is 2. The highest BCUT2D eigenvalue weighted by Crippen LogP contribution is 2.29. The molecule has 0 spiro atoms. The minimum Gasteiger partial charge on any atom is -0.356 e. The summed E-state index contributed by atoms with van der Waals surface area (Å²) in [5, 5.41) is 4.85. The third-order valence-corrected chi connectivity index (χ3v) is 4.24. The van der Waals surface area contributed by atoms with Crippen molar-refractivity contribution in [2.24, 2.45) is 0 Å². The van der Waals surface area contributed by atoms with Gasteiger partial charge in [-0.2, -0.15) is 0 Å². The lowest BCUT2D eigenvalue weighted by molar-refractivity contribution is -0.118. The number of hydrogen-bond acceptors (Lipinski definition) is 3. The number of carbonyl (C=O) groups excluding carboxylic acids is 1. The molecule has 2 heterocycles. The normalized spacial score (nSPS) is 14.0. The Labute approximate surface area is 132 Å². The van der Waals surface area contributed by atoms with Crippen LogP contribution in [0.2, 0.25) is 0 Å². The van der Waals surface area contributed by atoms with Crippen molar-refractivity contribution >= 4 is 22.6 Å². The zero-order valence-electron chi connectivity index (χ0n) is 12.5. The van der Waals surface area contributed by atoms with Crippen molar-refractivity contribution in [1.29, 1.82) is 0 Å². The molecule has 0 N–H and O–H groups in total. The van der Waals surface area contributed by atoms with E-state index in [1.807, 2.05) is 24.3 Å². The van der Waals surface area contributed by atoms with Crippen molar-refractivity contribution in [3.8, 4) is 0 Å². The molecule has 23 heavy (non-hydrogen) atoms. The highest BCUT2D eigenvalue weighted by molar-refractivity contribution is 5.97. The summed E-state index contributed by atoms with van der Waals surface area (Å²) in [6.07, 6.45) is 1.89. The Hall–Kier alpha value is -2.69. The van der Waals surface area contributed by atoms with Crippen LogP contribution in [0.1, 0.15) is 17.7 Å². The Balaban J connectivity index is 1.64. The standard InChI is InChI=1S/C18H15FN2O2/c19-13-8-7-12-4-3-9-21(16(12)10-13)18(22)11-15-14-5-1-2-6-17(14)23-20-15/h1-2,5-8,10H,3-4,9,11H2. The van der Waals surface area contributed by atoms with Gasteiger partial charge < -0.3 is 9.42 Å². The number of fused-ring (bicyclic) bond motifs is 2. The van der Waals surface area contributed by atoms with E-state index in [-0.39, 0.29) is 18.1 Å². The van der Waals surface area contributed by atoms with Crippen molar-refractivity contribution in [3.63, 3.8) is 0 Å². The number of aromatic nitrogens is 1. The Bertz CT molecular complexity index is 888. The van der Waals surface area contributed by atoms with Crippen LogP contribution < -0.4 is 4.90 Å². The van der Waals surface area contributed by atoms with Gasteiger partial charge in [0.2, 0.25) is 5.91 Å². The second-order valence-electron chi connectivity index (χ2n) is 5.72. The number of carbonyl (C=O) groups is 1. The number of amides is 1. The third kappa shape index (κ3) is 2.48. The zero-order chi connectivity index (χ0) is 15.8. The van der Waals surface area contributed by atoms with Crippen LogP contribution in [-0.4, -0.2) is 17.6 Å². The summed E-state index contributed by atoms with van der Waals surface area (Å²) in [6, 6.07) is 12.1. The molecule has 4 nitrogen and oxygen atoms in total. The number of anilines is 1. The van der Waals surface area contributed by atoms with Gasteiger partial charge in [0.15, 0.2) is 5.58 Å². The van der Waals surface area contributed by atoms with E-state index >= 15 is 0 Å². The molecule has 3 aromatic rings. The highest BCUT2D eigenvalue weighted by atomic mass is 19.1. The molecule has 0 saturated carbocycles. The monoisotopic (exact) mass is 310 g/mol. The lowest BCUT2D eigenvalue weighted by Crippen LogP contribution is -2.36. The summed E-state index contributed by atoms with van der Waals surface area (Å²) in [4.78, 5) is 14.4. The van der Waals surface area contributed by atoms with Gasteiger partial charge in [-0.25, -0.2) is 4.39 Å². The Morgan fingerprint density at radius 1 is 1.26 bits per heavy atom. The van der Waals surface area contributed by atoms with Crippen molar-refractivity contribution in [1.82, 2.24) is 5.16 Å². The number of aryl methyl sites for hydroxylation is 1. The summed E-state index contributed by atoms with van der Waals surface area (Å²) < 4.78 is 18.8. The van der Waals surface area contributed by atoms with E-state index in [2.05, 4.69) is 5.16 Å². The van der Waals surface area contributed by atoms with E-state index < -0.39 is 0 Å². The number of halogens is 1. The summed E-state index contributed by atoms with van der Waals surface area (Å²) >= 11 is 0. The molecule has 1 aliphatic rings. The Morgan fingerprint density at radius 3 is 3.04 bits per heavy atom. The molecule has 0 radical (unpaired) electrons. The lowest BCUT2D eigenvalue weighted by atomic mass is 10.0. The van der Waals surface area contributed by atoms with Gasteiger partial charge in [0.05, 0.1) is 6.42 Å². The molecule has 1 aromatic heterocycles. The average Bonchev–Trinajstić information content (AvgIpc) is 2.97. The minimum absolute atomic E-state index is 0.0874. The van der Waals surface area contributed by atoms with Crippen LogP contribution in [0, 0.1) is 5.82 Å². The largest absolute Gasteiger partial charge is 0.356 e. The fourth-order valence-electron chi connectivity index (χ4n) is 3.11. The van der Waals surface area contributed by atoms with E-state index in [4.69, 9.17) is 4.52 Å². The van der Waals surface area contributed by atoms with Crippen molar-refractivity contribution in [3.05, 3.63) is 59.5 Å². The van der Waals surface area contributed by atoms with Crippen molar-refractivity contribution in [2.45, 2.75) is 19.3 Å². The second-order valence-corrected chi connectivity index (χ2v) is 5.72. The van der Waals surface area contributed by atoms with Crippen LogP contribution in [0.15, 0.2) is 47.0 Å². The first-order chi connectivity index (χ1) is 11.2. The van der Waals surface area contributed by atoms with Crippen molar-refractivity contribution < 1.29 is 13.7 Å². The van der Waals surface area contributed by atoms with Crippen LogP contribution in [0.25, 0.3) is 11.0 Å². The quantitative estimate of drug-likeness (QED) is 0.728. The van der Waals surface area contributed by atoms with E-state index in [0.29, 0.717) is 23.5 Å². The van der Waals surface area contributed by atoms with Crippen LogP contribution in [-0.2, 0) is 17.6 Å². The van der Waals surface area contributed by atoms with Gasteiger partial charge in [0.25, 0.3) is 0 Å². The number of rotatable bonds is 2. The molecule has 4 rings (SSSR count).